The summed E-state index contributed by atoms with van der Waals surface area (Å²) < 4.78 is 24.4. The summed E-state index contributed by atoms with van der Waals surface area (Å²) >= 11 is 0. The fourth-order valence-corrected chi connectivity index (χ4v) is 3.55. The Kier molecular flexibility index (Phi) is 3.77. The molecule has 0 amide bonds. The predicted molar refractivity (Wildman–Crippen MR) is 90.6 cm³/mol. The van der Waals surface area contributed by atoms with Crippen LogP contribution in [0.4, 0.5) is 0 Å². The summed E-state index contributed by atoms with van der Waals surface area (Å²) in [5, 5.41) is 8.59. The van der Waals surface area contributed by atoms with Crippen molar-refractivity contribution in [2.75, 3.05) is 0 Å². The molecule has 2 aromatic carbocycles. The van der Waals surface area contributed by atoms with Gasteiger partial charge in [0.05, 0.1) is 9.64 Å². The van der Waals surface area contributed by atoms with E-state index in [1.807, 2.05) is 24.3 Å². The van der Waals surface area contributed by atoms with E-state index in [9.17, 15) is 8.42 Å². The van der Waals surface area contributed by atoms with Crippen LogP contribution in [0.25, 0.3) is 17.2 Å². The topological polar surface area (TPSA) is 64.8 Å². The van der Waals surface area contributed by atoms with E-state index in [0.717, 1.165) is 11.0 Å². The van der Waals surface area contributed by atoms with Crippen LogP contribution in [0.1, 0.15) is 13.8 Å². The zero-order chi connectivity index (χ0) is 16.5. The summed E-state index contributed by atoms with van der Waals surface area (Å²) in [6.45, 7) is 3.32. The Labute approximate surface area is 135 Å². The summed E-state index contributed by atoms with van der Waals surface area (Å²) in [6.07, 6.45) is 3.19. The maximum Gasteiger partial charge on any atom is 0.187 e. The third-order valence-electron chi connectivity index (χ3n) is 3.66. The first kappa shape index (κ1) is 15.4. The molecule has 0 aliphatic rings. The molecule has 0 bridgehead atoms. The molecular weight excluding hydrogens is 310 g/mol. The Balaban J connectivity index is 1.93. The van der Waals surface area contributed by atoms with Crippen molar-refractivity contribution in [2.24, 2.45) is 0 Å². The van der Waals surface area contributed by atoms with Crippen molar-refractivity contribution in [3.8, 4) is 0 Å². The van der Waals surface area contributed by atoms with Crippen molar-refractivity contribution in [2.45, 2.75) is 23.5 Å². The van der Waals surface area contributed by atoms with Gasteiger partial charge in [0, 0.05) is 6.20 Å². The molecule has 0 fully saturated rings. The van der Waals surface area contributed by atoms with Gasteiger partial charge in [0.1, 0.15) is 11.0 Å². The summed E-state index contributed by atoms with van der Waals surface area (Å²) in [5.74, 6) is 0. The fraction of sp³-hybridized carbons (Fsp3) is 0.176. The van der Waals surface area contributed by atoms with Gasteiger partial charge in [0.15, 0.2) is 9.84 Å². The number of nitrogens with zero attached hydrogens (tertiary/aromatic N) is 3. The van der Waals surface area contributed by atoms with E-state index in [1.54, 1.807) is 56.5 Å². The van der Waals surface area contributed by atoms with Crippen LogP contribution >= 0.6 is 0 Å². The first-order chi connectivity index (χ1) is 10.9. The minimum Gasteiger partial charge on any atom is -0.223 e. The second kappa shape index (κ2) is 5.62. The highest BCUT2D eigenvalue weighted by Gasteiger charge is 2.33. The molecule has 1 aromatic heterocycles. The highest BCUT2D eigenvalue weighted by atomic mass is 32.2. The Morgan fingerprint density at radius 3 is 2.00 bits per heavy atom. The normalized spacial score (nSPS) is 13.0. The minimum absolute atomic E-state index is 0.299. The molecule has 3 aromatic rings. The molecule has 0 aliphatic carbocycles. The Morgan fingerprint density at radius 2 is 1.43 bits per heavy atom. The molecule has 23 heavy (non-hydrogen) atoms. The molecule has 0 saturated carbocycles. The lowest BCUT2D eigenvalue weighted by Crippen LogP contribution is -2.29. The van der Waals surface area contributed by atoms with Gasteiger partial charge in [-0.1, -0.05) is 30.3 Å². The first-order valence-electron chi connectivity index (χ1n) is 7.21. The largest absolute Gasteiger partial charge is 0.223 e. The molecule has 0 saturated heterocycles. The molecule has 0 spiro atoms. The number of hydrogen-bond donors (Lipinski definition) is 0. The average Bonchev–Trinajstić information content (AvgIpc) is 2.97. The summed E-state index contributed by atoms with van der Waals surface area (Å²) in [4.78, 5) is 1.70. The molecule has 6 heteroatoms. The maximum absolute atomic E-state index is 12.7. The molecule has 0 unspecified atom stereocenters. The second-order valence-corrected chi connectivity index (χ2v) is 8.28. The van der Waals surface area contributed by atoms with Gasteiger partial charge in [0.25, 0.3) is 0 Å². The lowest BCUT2D eigenvalue weighted by molar-refractivity contribution is 0.572. The first-order valence-corrected chi connectivity index (χ1v) is 8.69. The van der Waals surface area contributed by atoms with Crippen molar-refractivity contribution in [1.29, 1.82) is 0 Å². The van der Waals surface area contributed by atoms with E-state index in [1.165, 1.54) is 4.80 Å². The molecule has 3 rings (SSSR count). The van der Waals surface area contributed by atoms with Crippen LogP contribution in [0, 0.1) is 0 Å². The lowest BCUT2D eigenvalue weighted by atomic mass is 10.2. The number of benzene rings is 2. The van der Waals surface area contributed by atoms with Gasteiger partial charge in [-0.15, -0.1) is 10.2 Å². The van der Waals surface area contributed by atoms with Crippen LogP contribution in [-0.2, 0) is 9.84 Å². The van der Waals surface area contributed by atoms with Crippen molar-refractivity contribution >= 4 is 27.1 Å². The third kappa shape index (κ3) is 2.90. The van der Waals surface area contributed by atoms with Gasteiger partial charge in [-0.25, -0.2) is 8.42 Å². The van der Waals surface area contributed by atoms with E-state index < -0.39 is 14.6 Å². The van der Waals surface area contributed by atoms with Crippen molar-refractivity contribution < 1.29 is 8.42 Å². The maximum atomic E-state index is 12.7. The van der Waals surface area contributed by atoms with Crippen molar-refractivity contribution in [3.63, 3.8) is 0 Å². The minimum atomic E-state index is -3.49. The molecule has 1 heterocycles. The quantitative estimate of drug-likeness (QED) is 0.738. The zero-order valence-corrected chi connectivity index (χ0v) is 13.7. The monoisotopic (exact) mass is 327 g/mol. The molecule has 0 aliphatic heterocycles. The van der Waals surface area contributed by atoms with E-state index in [2.05, 4.69) is 10.2 Å². The average molecular weight is 327 g/mol. The van der Waals surface area contributed by atoms with Crippen LogP contribution in [0.3, 0.4) is 0 Å². The zero-order valence-electron chi connectivity index (χ0n) is 12.9. The van der Waals surface area contributed by atoms with Gasteiger partial charge in [-0.2, -0.15) is 4.80 Å². The molecule has 0 N–H and O–H groups in total. The number of hydrogen-bond acceptors (Lipinski definition) is 4. The van der Waals surface area contributed by atoms with Gasteiger partial charge < -0.3 is 0 Å². The molecule has 118 valence electrons. The summed E-state index contributed by atoms with van der Waals surface area (Å²) in [7, 11) is -3.49. The van der Waals surface area contributed by atoms with E-state index in [4.69, 9.17) is 0 Å². The fourth-order valence-electron chi connectivity index (χ4n) is 2.18. The van der Waals surface area contributed by atoms with Gasteiger partial charge in [-0.3, -0.25) is 0 Å². The molecule has 0 atom stereocenters. The Hall–Kier alpha value is -2.47. The van der Waals surface area contributed by atoms with Crippen molar-refractivity contribution in [3.05, 3.63) is 60.7 Å². The number of sulfone groups is 1. The number of aromatic nitrogens is 3. The van der Waals surface area contributed by atoms with Crippen LogP contribution in [0.5, 0.6) is 0 Å². The summed E-state index contributed by atoms with van der Waals surface area (Å²) in [5.41, 5.74) is 1.53. The van der Waals surface area contributed by atoms with Crippen LogP contribution in [0.2, 0.25) is 0 Å². The van der Waals surface area contributed by atoms with E-state index in [0.29, 0.717) is 4.90 Å². The molecular formula is C17H17N3O2S. The van der Waals surface area contributed by atoms with Crippen LogP contribution < -0.4 is 0 Å². The lowest BCUT2D eigenvalue weighted by Gasteiger charge is -2.20. The van der Waals surface area contributed by atoms with Crippen LogP contribution in [-0.4, -0.2) is 28.2 Å². The molecule has 0 radical (unpaired) electrons. The smallest absolute Gasteiger partial charge is 0.187 e. The van der Waals surface area contributed by atoms with E-state index >= 15 is 0 Å². The van der Waals surface area contributed by atoms with Gasteiger partial charge >= 0.3 is 0 Å². The number of fused-ring (bicyclic) bond motifs is 1. The number of rotatable bonds is 4. The van der Waals surface area contributed by atoms with Crippen molar-refractivity contribution in [1.82, 2.24) is 15.0 Å². The van der Waals surface area contributed by atoms with Gasteiger partial charge in [0.2, 0.25) is 0 Å². The second-order valence-electron chi connectivity index (χ2n) is 5.74. The van der Waals surface area contributed by atoms with Crippen LogP contribution in [0.15, 0.2) is 65.6 Å². The standard InChI is InChI=1S/C17H17N3O2S/c1-17(2,23(21,22)14-8-4-3-5-9-14)12-13-20-18-15-10-6-7-11-16(15)19-20/h3-13H,1-2H3/b13-12+. The summed E-state index contributed by atoms with van der Waals surface area (Å²) in [6, 6.07) is 15.9. The predicted octanol–water partition coefficient (Wildman–Crippen LogP) is 3.15. The Morgan fingerprint density at radius 1 is 0.913 bits per heavy atom. The highest BCUT2D eigenvalue weighted by Crippen LogP contribution is 2.26. The Bertz CT molecular complexity index is 925. The van der Waals surface area contributed by atoms with E-state index in [-0.39, 0.29) is 0 Å². The SMILES string of the molecule is CC(C)(/C=C/n1nc2ccccc2n1)S(=O)(=O)c1ccccc1. The highest BCUT2D eigenvalue weighted by molar-refractivity contribution is 7.93. The molecule has 5 nitrogen and oxygen atoms in total. The third-order valence-corrected chi connectivity index (χ3v) is 6.07. The van der Waals surface area contributed by atoms with Gasteiger partial charge in [-0.05, 0) is 44.2 Å².